The SMILES string of the molecule is Cc1nn(CCCC(=O)N(C)C)c(C)c1S(=O)(=O)Cl. The van der Waals surface area contributed by atoms with Gasteiger partial charge in [-0.15, -0.1) is 0 Å². The van der Waals surface area contributed by atoms with Crippen LogP contribution in [0, 0.1) is 13.8 Å². The van der Waals surface area contributed by atoms with Gasteiger partial charge in [-0.2, -0.15) is 5.10 Å². The molecular weight excluding hydrogens is 290 g/mol. The molecule has 0 spiro atoms. The number of carbonyl (C=O) groups excluding carboxylic acids is 1. The van der Waals surface area contributed by atoms with Crippen molar-refractivity contribution in [2.75, 3.05) is 14.1 Å². The largest absolute Gasteiger partial charge is 0.349 e. The molecule has 0 aliphatic heterocycles. The first-order chi connectivity index (χ1) is 8.64. The Kier molecular flexibility index (Phi) is 4.98. The van der Waals surface area contributed by atoms with E-state index in [2.05, 4.69) is 5.10 Å². The fraction of sp³-hybridized carbons (Fsp3) is 0.636. The van der Waals surface area contributed by atoms with Gasteiger partial charge in [-0.25, -0.2) is 8.42 Å². The van der Waals surface area contributed by atoms with E-state index in [1.54, 1.807) is 32.6 Å². The number of hydrogen-bond acceptors (Lipinski definition) is 4. The van der Waals surface area contributed by atoms with Crippen LogP contribution in [0.2, 0.25) is 0 Å². The molecule has 1 heterocycles. The Balaban J connectivity index is 2.80. The highest BCUT2D eigenvalue weighted by Gasteiger charge is 2.22. The van der Waals surface area contributed by atoms with Gasteiger partial charge in [-0.1, -0.05) is 0 Å². The van der Waals surface area contributed by atoms with E-state index < -0.39 is 9.05 Å². The average Bonchev–Trinajstić information content (AvgIpc) is 2.52. The van der Waals surface area contributed by atoms with E-state index >= 15 is 0 Å². The number of hydrogen-bond donors (Lipinski definition) is 0. The second-order valence-corrected chi connectivity index (χ2v) is 7.06. The lowest BCUT2D eigenvalue weighted by Gasteiger charge is -2.10. The third-order valence-corrected chi connectivity index (χ3v) is 4.36. The quantitative estimate of drug-likeness (QED) is 0.769. The maximum absolute atomic E-state index is 11.4. The van der Waals surface area contributed by atoms with E-state index in [0.29, 0.717) is 30.8 Å². The van der Waals surface area contributed by atoms with Crippen molar-refractivity contribution in [3.05, 3.63) is 11.4 Å². The summed E-state index contributed by atoms with van der Waals surface area (Å²) in [5, 5.41) is 4.15. The molecule has 0 radical (unpaired) electrons. The van der Waals surface area contributed by atoms with Crippen molar-refractivity contribution < 1.29 is 13.2 Å². The Hall–Kier alpha value is -1.08. The van der Waals surface area contributed by atoms with Gasteiger partial charge in [0.25, 0.3) is 9.05 Å². The molecule has 1 rings (SSSR count). The highest BCUT2D eigenvalue weighted by Crippen LogP contribution is 2.23. The highest BCUT2D eigenvalue weighted by molar-refractivity contribution is 8.13. The van der Waals surface area contributed by atoms with E-state index in [1.807, 2.05) is 0 Å². The van der Waals surface area contributed by atoms with Crippen LogP contribution in [0.25, 0.3) is 0 Å². The summed E-state index contributed by atoms with van der Waals surface area (Å²) in [7, 11) is 4.98. The monoisotopic (exact) mass is 307 g/mol. The second kappa shape index (κ2) is 5.92. The Labute approximate surface area is 117 Å². The van der Waals surface area contributed by atoms with Gasteiger partial charge < -0.3 is 4.90 Å². The molecule has 0 aliphatic carbocycles. The van der Waals surface area contributed by atoms with Crippen LogP contribution in [0.15, 0.2) is 4.90 Å². The Morgan fingerprint density at radius 3 is 2.37 bits per heavy atom. The van der Waals surface area contributed by atoms with Gasteiger partial charge in [0.15, 0.2) is 0 Å². The standard InChI is InChI=1S/C11H18ClN3O3S/c1-8-11(19(12,17)18)9(2)15(13-8)7-5-6-10(16)14(3)4/h5-7H2,1-4H3. The lowest BCUT2D eigenvalue weighted by Crippen LogP contribution is -2.21. The molecule has 1 amide bonds. The van der Waals surface area contributed by atoms with E-state index in [1.165, 1.54) is 4.90 Å². The lowest BCUT2D eigenvalue weighted by molar-refractivity contribution is -0.128. The number of aryl methyl sites for hydroxylation is 2. The second-order valence-electron chi connectivity index (χ2n) is 4.55. The fourth-order valence-electron chi connectivity index (χ4n) is 1.85. The smallest absolute Gasteiger partial charge is 0.264 e. The van der Waals surface area contributed by atoms with Crippen molar-refractivity contribution in [2.24, 2.45) is 0 Å². The summed E-state index contributed by atoms with van der Waals surface area (Å²) in [6, 6.07) is 0. The zero-order chi connectivity index (χ0) is 14.8. The van der Waals surface area contributed by atoms with Crippen LogP contribution in [0.5, 0.6) is 0 Å². The summed E-state index contributed by atoms with van der Waals surface area (Å²) in [6.45, 7) is 3.74. The summed E-state index contributed by atoms with van der Waals surface area (Å²) in [4.78, 5) is 13.0. The lowest BCUT2D eigenvalue weighted by atomic mass is 10.3. The molecule has 0 atom stereocenters. The van der Waals surface area contributed by atoms with Gasteiger partial charge in [-0.3, -0.25) is 9.48 Å². The van der Waals surface area contributed by atoms with Gasteiger partial charge in [0, 0.05) is 37.7 Å². The van der Waals surface area contributed by atoms with E-state index in [4.69, 9.17) is 10.7 Å². The zero-order valence-electron chi connectivity index (χ0n) is 11.5. The minimum Gasteiger partial charge on any atom is -0.349 e. The van der Waals surface area contributed by atoms with Crippen LogP contribution in [0.1, 0.15) is 24.2 Å². The molecule has 8 heteroatoms. The Bertz CT molecular complexity index is 578. The van der Waals surface area contributed by atoms with Gasteiger partial charge >= 0.3 is 0 Å². The average molecular weight is 308 g/mol. The van der Waals surface area contributed by atoms with Gasteiger partial charge in [-0.05, 0) is 20.3 Å². The van der Waals surface area contributed by atoms with Crippen LogP contribution in [0.3, 0.4) is 0 Å². The Morgan fingerprint density at radius 2 is 1.95 bits per heavy atom. The van der Waals surface area contributed by atoms with Crippen LogP contribution in [0.4, 0.5) is 0 Å². The molecule has 0 saturated heterocycles. The van der Waals surface area contributed by atoms with Crippen LogP contribution < -0.4 is 0 Å². The molecule has 0 aliphatic rings. The number of rotatable bonds is 5. The summed E-state index contributed by atoms with van der Waals surface area (Å²) in [6.07, 6.45) is 0.995. The van der Waals surface area contributed by atoms with E-state index in [0.717, 1.165) is 0 Å². The maximum atomic E-state index is 11.4. The van der Waals surface area contributed by atoms with Crippen molar-refractivity contribution in [2.45, 2.75) is 38.1 Å². The van der Waals surface area contributed by atoms with Gasteiger partial charge in [0.2, 0.25) is 5.91 Å². The fourth-order valence-corrected chi connectivity index (χ4v) is 3.38. The highest BCUT2D eigenvalue weighted by atomic mass is 35.7. The van der Waals surface area contributed by atoms with Crippen molar-refractivity contribution in [1.29, 1.82) is 0 Å². The molecule has 0 bridgehead atoms. The number of aromatic nitrogens is 2. The summed E-state index contributed by atoms with van der Waals surface area (Å²) < 4.78 is 24.4. The van der Waals surface area contributed by atoms with E-state index in [9.17, 15) is 13.2 Å². The molecular formula is C11H18ClN3O3S. The third kappa shape index (κ3) is 3.94. The molecule has 108 valence electrons. The van der Waals surface area contributed by atoms with Crippen molar-refractivity contribution >= 4 is 25.6 Å². The summed E-state index contributed by atoms with van der Waals surface area (Å²) in [5.74, 6) is 0.0340. The molecule has 0 unspecified atom stereocenters. The Morgan fingerprint density at radius 1 is 1.37 bits per heavy atom. The normalized spacial score (nSPS) is 11.6. The van der Waals surface area contributed by atoms with Gasteiger partial charge in [0.05, 0.1) is 11.4 Å². The predicted octanol–water partition coefficient (Wildman–Crippen LogP) is 1.30. The zero-order valence-corrected chi connectivity index (χ0v) is 13.0. The molecule has 1 aromatic rings. The molecule has 19 heavy (non-hydrogen) atoms. The minimum absolute atomic E-state index is 0.0340. The minimum atomic E-state index is -3.78. The number of nitrogens with zero attached hydrogens (tertiary/aromatic N) is 3. The number of halogens is 1. The maximum Gasteiger partial charge on any atom is 0.264 e. The van der Waals surface area contributed by atoms with Crippen LogP contribution >= 0.6 is 10.7 Å². The molecule has 0 N–H and O–H groups in total. The molecule has 0 saturated carbocycles. The molecule has 0 aromatic carbocycles. The topological polar surface area (TPSA) is 72.3 Å². The predicted molar refractivity (Wildman–Crippen MR) is 72.7 cm³/mol. The molecule has 1 aromatic heterocycles. The number of amides is 1. The van der Waals surface area contributed by atoms with Crippen molar-refractivity contribution in [1.82, 2.24) is 14.7 Å². The van der Waals surface area contributed by atoms with Crippen LogP contribution in [-0.4, -0.2) is 43.1 Å². The van der Waals surface area contributed by atoms with E-state index in [-0.39, 0.29) is 10.8 Å². The van der Waals surface area contributed by atoms with Gasteiger partial charge in [0.1, 0.15) is 4.90 Å². The van der Waals surface area contributed by atoms with Crippen molar-refractivity contribution in [3.63, 3.8) is 0 Å². The molecule has 6 nitrogen and oxygen atoms in total. The third-order valence-electron chi connectivity index (χ3n) is 2.82. The van der Waals surface area contributed by atoms with Crippen LogP contribution in [-0.2, 0) is 20.4 Å². The first-order valence-electron chi connectivity index (χ1n) is 5.83. The first kappa shape index (κ1) is 16.0. The molecule has 0 fully saturated rings. The first-order valence-corrected chi connectivity index (χ1v) is 8.14. The van der Waals surface area contributed by atoms with Crippen molar-refractivity contribution in [3.8, 4) is 0 Å². The number of carbonyl (C=O) groups is 1. The summed E-state index contributed by atoms with van der Waals surface area (Å²) >= 11 is 0. The summed E-state index contributed by atoms with van der Waals surface area (Å²) in [5.41, 5.74) is 0.885.